The zero-order valence-corrected chi connectivity index (χ0v) is 14.3. The van der Waals surface area contributed by atoms with Crippen molar-refractivity contribution in [3.8, 4) is 11.5 Å². The average molecular weight is 335 g/mol. The molecule has 0 bridgehead atoms. The van der Waals surface area contributed by atoms with Crippen molar-refractivity contribution in [2.45, 2.75) is 25.3 Å². The van der Waals surface area contributed by atoms with Gasteiger partial charge in [0.05, 0.1) is 18.6 Å². The molecule has 0 fully saturated rings. The van der Waals surface area contributed by atoms with Gasteiger partial charge in [0.15, 0.2) is 0 Å². The van der Waals surface area contributed by atoms with E-state index in [1.54, 1.807) is 19.2 Å². The molecule has 0 spiro atoms. The molecule has 0 aromatic heterocycles. The molecule has 2 rings (SSSR count). The van der Waals surface area contributed by atoms with E-state index in [-0.39, 0.29) is 11.4 Å². The van der Waals surface area contributed by atoms with Gasteiger partial charge in [-0.3, -0.25) is 0 Å². The summed E-state index contributed by atoms with van der Waals surface area (Å²) in [5.41, 5.74) is 1.56. The summed E-state index contributed by atoms with van der Waals surface area (Å²) in [4.78, 5) is 0.213. The van der Waals surface area contributed by atoms with Crippen LogP contribution in [0.15, 0.2) is 47.4 Å². The molecule has 0 atom stereocenters. The Bertz CT molecular complexity index is 772. The third kappa shape index (κ3) is 4.24. The lowest BCUT2D eigenvalue weighted by Crippen LogP contribution is -2.23. The summed E-state index contributed by atoms with van der Waals surface area (Å²) in [5.74, 6) is 1.34. The number of aryl methyl sites for hydroxylation is 1. The molecular formula is C17H21NO4S. The van der Waals surface area contributed by atoms with Crippen LogP contribution in [0, 0.1) is 6.92 Å². The molecule has 23 heavy (non-hydrogen) atoms. The zero-order valence-electron chi connectivity index (χ0n) is 13.5. The number of para-hydroxylation sites is 1. The van der Waals surface area contributed by atoms with Crippen LogP contribution >= 0.6 is 0 Å². The van der Waals surface area contributed by atoms with E-state index in [1.165, 1.54) is 6.07 Å². The fraction of sp³-hybridized carbons (Fsp3) is 0.294. The second-order valence-electron chi connectivity index (χ2n) is 5.00. The van der Waals surface area contributed by atoms with Crippen molar-refractivity contribution < 1.29 is 17.9 Å². The predicted octanol–water partition coefficient (Wildman–Crippen LogP) is 2.88. The number of nitrogens with one attached hydrogen (secondary N) is 1. The van der Waals surface area contributed by atoms with E-state index in [0.29, 0.717) is 18.1 Å². The van der Waals surface area contributed by atoms with Gasteiger partial charge in [-0.25, -0.2) is 13.1 Å². The molecule has 0 aliphatic heterocycles. The van der Waals surface area contributed by atoms with Gasteiger partial charge in [0, 0.05) is 12.1 Å². The van der Waals surface area contributed by atoms with Crippen molar-refractivity contribution in [3.05, 3.63) is 53.6 Å². The lowest BCUT2D eigenvalue weighted by molar-refractivity contribution is 0.336. The molecule has 0 radical (unpaired) electrons. The highest BCUT2D eigenvalue weighted by Crippen LogP contribution is 2.22. The van der Waals surface area contributed by atoms with E-state index in [4.69, 9.17) is 9.47 Å². The van der Waals surface area contributed by atoms with Crippen LogP contribution in [0.1, 0.15) is 18.1 Å². The Balaban J connectivity index is 2.18. The largest absolute Gasteiger partial charge is 0.496 e. The molecule has 0 amide bonds. The van der Waals surface area contributed by atoms with Crippen LogP contribution in [0.25, 0.3) is 0 Å². The van der Waals surface area contributed by atoms with Gasteiger partial charge in [-0.2, -0.15) is 0 Å². The SMILES string of the molecule is CCOc1ccccc1CNS(=O)(=O)c1ccc(OC)c(C)c1. The first-order chi connectivity index (χ1) is 11.0. The predicted molar refractivity (Wildman–Crippen MR) is 89.4 cm³/mol. The summed E-state index contributed by atoms with van der Waals surface area (Å²) >= 11 is 0. The van der Waals surface area contributed by atoms with Crippen LogP contribution in [0.2, 0.25) is 0 Å². The third-order valence-electron chi connectivity index (χ3n) is 3.40. The summed E-state index contributed by atoms with van der Waals surface area (Å²) < 4.78 is 38.1. The zero-order chi connectivity index (χ0) is 16.9. The first-order valence-electron chi connectivity index (χ1n) is 7.33. The quantitative estimate of drug-likeness (QED) is 0.845. The minimum Gasteiger partial charge on any atom is -0.496 e. The van der Waals surface area contributed by atoms with Crippen LogP contribution in [0.4, 0.5) is 0 Å². The molecule has 2 aromatic rings. The van der Waals surface area contributed by atoms with Crippen LogP contribution in [-0.4, -0.2) is 22.1 Å². The molecular weight excluding hydrogens is 314 g/mol. The Kier molecular flexibility index (Phi) is 5.63. The molecule has 0 saturated heterocycles. The van der Waals surface area contributed by atoms with Crippen LogP contribution in [0.5, 0.6) is 11.5 Å². The summed E-state index contributed by atoms with van der Waals surface area (Å²) in [6, 6.07) is 12.1. The lowest BCUT2D eigenvalue weighted by atomic mass is 10.2. The van der Waals surface area contributed by atoms with E-state index < -0.39 is 10.0 Å². The molecule has 0 saturated carbocycles. The van der Waals surface area contributed by atoms with Gasteiger partial charge in [0.1, 0.15) is 11.5 Å². The summed E-state index contributed by atoms with van der Waals surface area (Å²) in [6.45, 7) is 4.40. The summed E-state index contributed by atoms with van der Waals surface area (Å²) in [7, 11) is -2.04. The third-order valence-corrected chi connectivity index (χ3v) is 4.80. The number of rotatable bonds is 7. The van der Waals surface area contributed by atoms with Gasteiger partial charge >= 0.3 is 0 Å². The fourth-order valence-electron chi connectivity index (χ4n) is 2.22. The Hall–Kier alpha value is -2.05. The van der Waals surface area contributed by atoms with E-state index in [2.05, 4.69) is 4.72 Å². The highest BCUT2D eigenvalue weighted by molar-refractivity contribution is 7.89. The molecule has 2 aromatic carbocycles. The van der Waals surface area contributed by atoms with Crippen LogP contribution in [-0.2, 0) is 16.6 Å². The van der Waals surface area contributed by atoms with Crippen molar-refractivity contribution in [3.63, 3.8) is 0 Å². The number of hydrogen-bond donors (Lipinski definition) is 1. The Morgan fingerprint density at radius 1 is 1.09 bits per heavy atom. The molecule has 0 aliphatic carbocycles. The first kappa shape index (κ1) is 17.3. The molecule has 6 heteroatoms. The fourth-order valence-corrected chi connectivity index (χ4v) is 3.31. The Morgan fingerprint density at radius 2 is 1.83 bits per heavy atom. The van der Waals surface area contributed by atoms with Gasteiger partial charge in [0.25, 0.3) is 0 Å². The van der Waals surface area contributed by atoms with E-state index in [1.807, 2.05) is 38.1 Å². The molecule has 1 N–H and O–H groups in total. The maximum absolute atomic E-state index is 12.4. The van der Waals surface area contributed by atoms with Crippen molar-refractivity contribution in [1.82, 2.24) is 4.72 Å². The maximum atomic E-state index is 12.4. The Labute approximate surface area is 137 Å². The number of sulfonamides is 1. The van der Waals surface area contributed by atoms with Gasteiger partial charge in [0.2, 0.25) is 10.0 Å². The Morgan fingerprint density at radius 3 is 2.48 bits per heavy atom. The van der Waals surface area contributed by atoms with Gasteiger partial charge in [-0.05, 0) is 43.7 Å². The van der Waals surface area contributed by atoms with E-state index >= 15 is 0 Å². The van der Waals surface area contributed by atoms with Crippen LogP contribution in [0.3, 0.4) is 0 Å². The number of benzene rings is 2. The second kappa shape index (κ2) is 7.48. The smallest absolute Gasteiger partial charge is 0.240 e. The highest BCUT2D eigenvalue weighted by Gasteiger charge is 2.16. The summed E-state index contributed by atoms with van der Waals surface area (Å²) in [5, 5.41) is 0. The number of hydrogen-bond acceptors (Lipinski definition) is 4. The minimum atomic E-state index is -3.60. The van der Waals surface area contributed by atoms with Crippen LogP contribution < -0.4 is 14.2 Å². The minimum absolute atomic E-state index is 0.170. The van der Waals surface area contributed by atoms with Crippen molar-refractivity contribution in [1.29, 1.82) is 0 Å². The number of ether oxygens (including phenoxy) is 2. The number of methoxy groups -OCH3 is 1. The standard InChI is InChI=1S/C17H21NO4S/c1-4-22-17-8-6-5-7-14(17)12-18-23(19,20)15-9-10-16(21-3)13(2)11-15/h5-11,18H,4,12H2,1-3H3. The second-order valence-corrected chi connectivity index (χ2v) is 6.76. The topological polar surface area (TPSA) is 64.6 Å². The van der Waals surface area contributed by atoms with E-state index in [9.17, 15) is 8.42 Å². The van der Waals surface area contributed by atoms with Crippen molar-refractivity contribution >= 4 is 10.0 Å². The molecule has 124 valence electrons. The average Bonchev–Trinajstić information content (AvgIpc) is 2.54. The highest BCUT2D eigenvalue weighted by atomic mass is 32.2. The van der Waals surface area contributed by atoms with Crippen molar-refractivity contribution in [2.24, 2.45) is 0 Å². The van der Waals surface area contributed by atoms with Gasteiger partial charge in [-0.1, -0.05) is 18.2 Å². The molecule has 5 nitrogen and oxygen atoms in total. The normalized spacial score (nSPS) is 11.3. The summed E-state index contributed by atoms with van der Waals surface area (Å²) in [6.07, 6.45) is 0. The van der Waals surface area contributed by atoms with Crippen molar-refractivity contribution in [2.75, 3.05) is 13.7 Å². The van der Waals surface area contributed by atoms with Gasteiger partial charge in [-0.15, -0.1) is 0 Å². The maximum Gasteiger partial charge on any atom is 0.240 e. The monoisotopic (exact) mass is 335 g/mol. The first-order valence-corrected chi connectivity index (χ1v) is 8.81. The molecule has 0 unspecified atom stereocenters. The molecule has 0 aliphatic rings. The van der Waals surface area contributed by atoms with Gasteiger partial charge < -0.3 is 9.47 Å². The van der Waals surface area contributed by atoms with E-state index in [0.717, 1.165) is 11.1 Å². The lowest BCUT2D eigenvalue weighted by Gasteiger charge is -2.12. The molecule has 0 heterocycles.